The molecule has 0 unspecified atom stereocenters. The fourth-order valence-electron chi connectivity index (χ4n) is 4.75. The van der Waals surface area contributed by atoms with Crippen LogP contribution in [0.4, 0.5) is 8.78 Å². The van der Waals surface area contributed by atoms with Crippen LogP contribution in [0.15, 0.2) is 54.7 Å². The SMILES string of the molecule is CCCC(=O)Oc1c(OC)ccnc1C(=O)N[C@@H](C)C(=O)O[C@H]1CCc2cc(F)ccc2[C@@H]1c1ccc(F)cc1. The van der Waals surface area contributed by atoms with Crippen LogP contribution in [-0.4, -0.2) is 42.1 Å². The van der Waals surface area contributed by atoms with Gasteiger partial charge in [0.2, 0.25) is 5.75 Å². The smallest absolute Gasteiger partial charge is 0.328 e. The summed E-state index contributed by atoms with van der Waals surface area (Å²) < 4.78 is 44.0. The molecule has 210 valence electrons. The van der Waals surface area contributed by atoms with Crippen molar-refractivity contribution in [2.75, 3.05) is 7.11 Å². The number of carbonyl (C=O) groups is 3. The number of fused-ring (bicyclic) bond motifs is 1. The molecule has 3 aromatic rings. The van der Waals surface area contributed by atoms with E-state index in [4.69, 9.17) is 14.2 Å². The highest BCUT2D eigenvalue weighted by Crippen LogP contribution is 2.39. The van der Waals surface area contributed by atoms with Crippen LogP contribution < -0.4 is 14.8 Å². The quantitative estimate of drug-likeness (QED) is 0.377. The van der Waals surface area contributed by atoms with Gasteiger partial charge in [-0.25, -0.2) is 18.6 Å². The molecule has 0 bridgehead atoms. The van der Waals surface area contributed by atoms with E-state index < -0.39 is 41.7 Å². The first-order valence-corrected chi connectivity index (χ1v) is 13.0. The Kier molecular flexibility index (Phi) is 9.08. The van der Waals surface area contributed by atoms with Crippen LogP contribution >= 0.6 is 0 Å². The van der Waals surface area contributed by atoms with E-state index in [1.54, 1.807) is 18.2 Å². The molecule has 40 heavy (non-hydrogen) atoms. The molecule has 0 radical (unpaired) electrons. The maximum absolute atomic E-state index is 13.9. The Hall–Kier alpha value is -4.34. The number of rotatable bonds is 9. The molecular weight excluding hydrogens is 522 g/mol. The van der Waals surface area contributed by atoms with Crippen LogP contribution in [0.3, 0.4) is 0 Å². The van der Waals surface area contributed by atoms with E-state index in [2.05, 4.69) is 10.3 Å². The number of aromatic nitrogens is 1. The zero-order valence-corrected chi connectivity index (χ0v) is 22.4. The standard InChI is InChI=1S/C30H30F2N2O6/c1-4-5-25(35)40-28-24(38-3)14-15-33-27(28)29(36)34-17(2)30(37)39-23-13-8-19-16-21(32)11-12-22(19)26(23)18-6-9-20(31)10-7-18/h6-7,9-12,14-17,23,26H,4-5,8,13H2,1-3H3,(H,34,36)/t17-,23-,26-/m0/s1. The number of aryl methyl sites for hydroxylation is 1. The van der Waals surface area contributed by atoms with Crippen LogP contribution in [0.1, 0.15) is 66.2 Å². The van der Waals surface area contributed by atoms with Gasteiger partial charge in [0.25, 0.3) is 5.91 Å². The minimum atomic E-state index is -1.09. The Balaban J connectivity index is 1.53. The van der Waals surface area contributed by atoms with E-state index >= 15 is 0 Å². The second kappa shape index (κ2) is 12.7. The molecule has 0 saturated heterocycles. The molecule has 3 atom stereocenters. The van der Waals surface area contributed by atoms with Crippen LogP contribution in [0, 0.1) is 11.6 Å². The Morgan fingerprint density at radius 3 is 2.50 bits per heavy atom. The predicted octanol–water partition coefficient (Wildman–Crippen LogP) is 4.88. The number of nitrogens with zero attached hydrogens (tertiary/aromatic N) is 1. The van der Waals surface area contributed by atoms with Crippen molar-refractivity contribution < 1.29 is 37.4 Å². The van der Waals surface area contributed by atoms with Gasteiger partial charge in [-0.15, -0.1) is 0 Å². The number of nitrogens with one attached hydrogen (secondary N) is 1. The molecular formula is C30H30F2N2O6. The van der Waals surface area contributed by atoms with Gasteiger partial charge in [0.15, 0.2) is 11.4 Å². The van der Waals surface area contributed by atoms with Crippen molar-refractivity contribution in [2.24, 2.45) is 0 Å². The van der Waals surface area contributed by atoms with Crippen molar-refractivity contribution in [1.29, 1.82) is 0 Å². The molecule has 2 aromatic carbocycles. The van der Waals surface area contributed by atoms with Gasteiger partial charge in [-0.3, -0.25) is 9.59 Å². The molecule has 1 aliphatic carbocycles. The van der Waals surface area contributed by atoms with Crippen LogP contribution in [0.5, 0.6) is 11.5 Å². The summed E-state index contributed by atoms with van der Waals surface area (Å²) in [5.74, 6) is -3.26. The number of halogens is 2. The summed E-state index contributed by atoms with van der Waals surface area (Å²) in [7, 11) is 1.36. The number of amides is 1. The van der Waals surface area contributed by atoms with Crippen LogP contribution in [-0.2, 0) is 20.7 Å². The Labute approximate surface area is 230 Å². The van der Waals surface area contributed by atoms with Gasteiger partial charge in [-0.05, 0) is 67.1 Å². The van der Waals surface area contributed by atoms with E-state index in [-0.39, 0.29) is 29.4 Å². The number of hydrogen-bond acceptors (Lipinski definition) is 7. The highest BCUT2D eigenvalue weighted by molar-refractivity contribution is 5.98. The summed E-state index contributed by atoms with van der Waals surface area (Å²) in [4.78, 5) is 42.4. The first kappa shape index (κ1) is 28.7. The average Bonchev–Trinajstić information content (AvgIpc) is 2.93. The third-order valence-electron chi connectivity index (χ3n) is 6.68. The number of benzene rings is 2. The highest BCUT2D eigenvalue weighted by Gasteiger charge is 2.35. The summed E-state index contributed by atoms with van der Waals surface area (Å²) in [5.41, 5.74) is 2.06. The van der Waals surface area contributed by atoms with Gasteiger partial charge in [-0.1, -0.05) is 25.1 Å². The van der Waals surface area contributed by atoms with Gasteiger partial charge in [0.1, 0.15) is 23.8 Å². The van der Waals surface area contributed by atoms with E-state index in [9.17, 15) is 23.2 Å². The van der Waals surface area contributed by atoms with Gasteiger partial charge in [-0.2, -0.15) is 0 Å². The molecule has 8 nitrogen and oxygen atoms in total. The minimum absolute atomic E-state index is 0.133. The van der Waals surface area contributed by atoms with E-state index in [1.807, 2.05) is 6.92 Å². The highest BCUT2D eigenvalue weighted by atomic mass is 19.1. The number of hydrogen-bond donors (Lipinski definition) is 1. The summed E-state index contributed by atoms with van der Waals surface area (Å²) in [6.07, 6.45) is 2.24. The number of carbonyl (C=O) groups excluding carboxylic acids is 3. The van der Waals surface area contributed by atoms with Crippen LogP contribution in [0.25, 0.3) is 0 Å². The molecule has 1 aliphatic rings. The lowest BCUT2D eigenvalue weighted by molar-refractivity contribution is -0.152. The van der Waals surface area contributed by atoms with Gasteiger partial charge >= 0.3 is 11.9 Å². The third-order valence-corrected chi connectivity index (χ3v) is 6.68. The molecule has 1 amide bonds. The maximum atomic E-state index is 13.9. The van der Waals surface area contributed by atoms with Crippen molar-refractivity contribution in [3.05, 3.63) is 88.7 Å². The molecule has 1 heterocycles. The summed E-state index contributed by atoms with van der Waals surface area (Å²) in [6, 6.07) is 10.7. The molecule has 4 rings (SSSR count). The predicted molar refractivity (Wildman–Crippen MR) is 141 cm³/mol. The first-order chi connectivity index (χ1) is 19.2. The van der Waals surface area contributed by atoms with Crippen molar-refractivity contribution >= 4 is 17.8 Å². The molecule has 0 aliphatic heterocycles. The van der Waals surface area contributed by atoms with Crippen molar-refractivity contribution in [3.63, 3.8) is 0 Å². The Morgan fingerprint density at radius 1 is 1.07 bits per heavy atom. The van der Waals surface area contributed by atoms with E-state index in [0.717, 1.165) is 11.1 Å². The number of esters is 2. The second-order valence-electron chi connectivity index (χ2n) is 9.50. The third kappa shape index (κ3) is 6.44. The van der Waals surface area contributed by atoms with Gasteiger partial charge < -0.3 is 19.5 Å². The number of pyridine rings is 1. The lowest BCUT2D eigenvalue weighted by Crippen LogP contribution is -2.43. The summed E-state index contributed by atoms with van der Waals surface area (Å²) in [5, 5.41) is 2.55. The minimum Gasteiger partial charge on any atom is -0.493 e. The number of methoxy groups -OCH3 is 1. The molecule has 1 N–H and O–H groups in total. The van der Waals surface area contributed by atoms with Crippen LogP contribution in [0.2, 0.25) is 0 Å². The largest absolute Gasteiger partial charge is 0.493 e. The summed E-state index contributed by atoms with van der Waals surface area (Å²) in [6.45, 7) is 3.27. The van der Waals surface area contributed by atoms with E-state index in [1.165, 1.54) is 50.6 Å². The summed E-state index contributed by atoms with van der Waals surface area (Å²) >= 11 is 0. The molecule has 10 heteroatoms. The molecule has 0 spiro atoms. The van der Waals surface area contributed by atoms with Gasteiger partial charge in [0.05, 0.1) is 7.11 Å². The topological polar surface area (TPSA) is 104 Å². The lowest BCUT2D eigenvalue weighted by Gasteiger charge is -2.34. The number of ether oxygens (including phenoxy) is 3. The Bertz CT molecular complexity index is 1400. The van der Waals surface area contributed by atoms with Crippen molar-refractivity contribution in [3.8, 4) is 11.5 Å². The Morgan fingerprint density at radius 2 is 1.80 bits per heavy atom. The lowest BCUT2D eigenvalue weighted by atomic mass is 9.77. The van der Waals surface area contributed by atoms with E-state index in [0.29, 0.717) is 24.8 Å². The van der Waals surface area contributed by atoms with Gasteiger partial charge in [0, 0.05) is 24.6 Å². The monoisotopic (exact) mass is 552 g/mol. The van der Waals surface area contributed by atoms with Crippen molar-refractivity contribution in [1.82, 2.24) is 10.3 Å². The van der Waals surface area contributed by atoms with Crippen molar-refractivity contribution in [2.45, 2.75) is 57.6 Å². The average molecular weight is 553 g/mol. The fourth-order valence-corrected chi connectivity index (χ4v) is 4.75. The molecule has 1 aromatic heterocycles. The zero-order valence-electron chi connectivity index (χ0n) is 22.4. The fraction of sp³-hybridized carbons (Fsp3) is 0.333. The maximum Gasteiger partial charge on any atom is 0.328 e. The zero-order chi connectivity index (χ0) is 28.8. The first-order valence-electron chi connectivity index (χ1n) is 13.0. The molecule has 0 saturated carbocycles. The molecule has 0 fully saturated rings. The second-order valence-corrected chi connectivity index (χ2v) is 9.50. The normalized spacial score (nSPS) is 16.8.